The first-order chi connectivity index (χ1) is 7.70. The first-order valence-electron chi connectivity index (χ1n) is 5.18. The van der Waals surface area contributed by atoms with Crippen LogP contribution in [0.2, 0.25) is 5.02 Å². The van der Waals surface area contributed by atoms with Crippen LogP contribution in [0.4, 0.5) is 5.13 Å². The van der Waals surface area contributed by atoms with E-state index < -0.39 is 0 Å². The van der Waals surface area contributed by atoms with Crippen molar-refractivity contribution >= 4 is 28.1 Å². The molecule has 0 unspecified atom stereocenters. The molecule has 0 atom stereocenters. The third kappa shape index (κ3) is 2.36. The molecular weight excluding hydrogens is 240 g/mol. The minimum atomic E-state index is 0.753. The summed E-state index contributed by atoms with van der Waals surface area (Å²) in [7, 11) is 0. The maximum atomic E-state index is 5.86. The van der Waals surface area contributed by atoms with Crippen LogP contribution >= 0.6 is 22.9 Å². The Morgan fingerprint density at radius 2 is 2.00 bits per heavy atom. The molecule has 1 aromatic heterocycles. The Labute approximate surface area is 104 Å². The van der Waals surface area contributed by atoms with Crippen LogP contribution in [0.5, 0.6) is 0 Å². The summed E-state index contributed by atoms with van der Waals surface area (Å²) in [4.78, 5) is 5.78. The summed E-state index contributed by atoms with van der Waals surface area (Å²) in [6.07, 6.45) is 0. The van der Waals surface area contributed by atoms with Gasteiger partial charge in [-0.25, -0.2) is 4.98 Å². The van der Waals surface area contributed by atoms with Gasteiger partial charge in [0, 0.05) is 22.0 Å². The summed E-state index contributed by atoms with van der Waals surface area (Å²) in [5.74, 6) is 0. The molecule has 2 aromatic rings. The molecule has 0 saturated heterocycles. The predicted molar refractivity (Wildman–Crippen MR) is 71.5 cm³/mol. The van der Waals surface area contributed by atoms with Crippen molar-refractivity contribution in [2.75, 3.05) is 11.9 Å². The van der Waals surface area contributed by atoms with Crippen LogP contribution in [0.1, 0.15) is 11.8 Å². The molecule has 0 radical (unpaired) electrons. The molecule has 2 rings (SSSR count). The first-order valence-corrected chi connectivity index (χ1v) is 6.37. The van der Waals surface area contributed by atoms with Gasteiger partial charge in [-0.1, -0.05) is 23.7 Å². The fourth-order valence-electron chi connectivity index (χ4n) is 1.50. The van der Waals surface area contributed by atoms with E-state index in [4.69, 9.17) is 11.6 Å². The highest BCUT2D eigenvalue weighted by Gasteiger charge is 2.08. The van der Waals surface area contributed by atoms with E-state index >= 15 is 0 Å². The molecule has 0 bridgehead atoms. The van der Waals surface area contributed by atoms with Gasteiger partial charge in [-0.2, -0.15) is 0 Å². The van der Waals surface area contributed by atoms with Crippen molar-refractivity contribution < 1.29 is 0 Å². The van der Waals surface area contributed by atoms with Crippen LogP contribution in [-0.2, 0) is 0 Å². The van der Waals surface area contributed by atoms with Crippen LogP contribution in [-0.4, -0.2) is 11.5 Å². The van der Waals surface area contributed by atoms with Gasteiger partial charge in [-0.3, -0.25) is 0 Å². The number of thiazole rings is 1. The third-order valence-corrected chi connectivity index (χ3v) is 3.42. The summed E-state index contributed by atoms with van der Waals surface area (Å²) in [6, 6.07) is 7.78. The van der Waals surface area contributed by atoms with Crippen LogP contribution in [0.15, 0.2) is 24.3 Å². The molecule has 0 saturated carbocycles. The molecule has 4 heteroatoms. The van der Waals surface area contributed by atoms with E-state index in [0.717, 1.165) is 28.0 Å². The Morgan fingerprint density at radius 1 is 1.31 bits per heavy atom. The van der Waals surface area contributed by atoms with Crippen LogP contribution in [0, 0.1) is 6.92 Å². The highest BCUT2D eigenvalue weighted by Crippen LogP contribution is 2.30. The van der Waals surface area contributed by atoms with Gasteiger partial charge in [0.25, 0.3) is 0 Å². The van der Waals surface area contributed by atoms with E-state index in [1.54, 1.807) is 11.3 Å². The van der Waals surface area contributed by atoms with Crippen LogP contribution < -0.4 is 5.32 Å². The largest absolute Gasteiger partial charge is 0.362 e. The number of hydrogen-bond donors (Lipinski definition) is 1. The van der Waals surface area contributed by atoms with Gasteiger partial charge >= 0.3 is 0 Å². The second-order valence-electron chi connectivity index (χ2n) is 3.46. The van der Waals surface area contributed by atoms with Gasteiger partial charge in [-0.05, 0) is 26.0 Å². The molecule has 0 aliphatic carbocycles. The average Bonchev–Trinajstić information content (AvgIpc) is 2.61. The molecule has 2 nitrogen and oxygen atoms in total. The van der Waals surface area contributed by atoms with Gasteiger partial charge in [0.05, 0.1) is 5.69 Å². The monoisotopic (exact) mass is 252 g/mol. The van der Waals surface area contributed by atoms with E-state index in [-0.39, 0.29) is 0 Å². The zero-order valence-electron chi connectivity index (χ0n) is 9.25. The maximum absolute atomic E-state index is 5.86. The standard InChI is InChI=1S/C12H13ClN2S/c1-3-14-12-15-11(8(2)16-12)9-4-6-10(13)7-5-9/h4-7H,3H2,1-2H3,(H,14,15). The number of anilines is 1. The lowest BCUT2D eigenvalue weighted by Gasteiger charge is -1.98. The van der Waals surface area contributed by atoms with Crippen molar-refractivity contribution in [2.24, 2.45) is 0 Å². The predicted octanol–water partition coefficient (Wildman–Crippen LogP) is 4.20. The fourth-order valence-corrected chi connectivity index (χ4v) is 2.53. The molecule has 1 heterocycles. The lowest BCUT2D eigenvalue weighted by Crippen LogP contribution is -1.94. The Hall–Kier alpha value is -1.06. The zero-order valence-corrected chi connectivity index (χ0v) is 10.8. The smallest absolute Gasteiger partial charge is 0.183 e. The van der Waals surface area contributed by atoms with Gasteiger partial charge in [-0.15, -0.1) is 11.3 Å². The summed E-state index contributed by atoms with van der Waals surface area (Å²) >= 11 is 7.55. The molecule has 1 N–H and O–H groups in total. The van der Waals surface area contributed by atoms with E-state index in [9.17, 15) is 0 Å². The normalized spacial score (nSPS) is 10.4. The second kappa shape index (κ2) is 4.85. The molecule has 0 aliphatic heterocycles. The average molecular weight is 253 g/mol. The van der Waals surface area contributed by atoms with E-state index in [1.165, 1.54) is 4.88 Å². The van der Waals surface area contributed by atoms with Crippen molar-refractivity contribution in [3.63, 3.8) is 0 Å². The first kappa shape index (κ1) is 11.4. The molecular formula is C12H13ClN2S. The van der Waals surface area contributed by atoms with Crippen molar-refractivity contribution in [3.05, 3.63) is 34.2 Å². The van der Waals surface area contributed by atoms with Crippen molar-refractivity contribution in [1.82, 2.24) is 4.98 Å². The molecule has 0 spiro atoms. The lowest BCUT2D eigenvalue weighted by molar-refractivity contribution is 1.19. The number of nitrogens with zero attached hydrogens (tertiary/aromatic N) is 1. The van der Waals surface area contributed by atoms with Crippen molar-refractivity contribution in [3.8, 4) is 11.3 Å². The SMILES string of the molecule is CCNc1nc(-c2ccc(Cl)cc2)c(C)s1. The Kier molecular flexibility index (Phi) is 3.46. The third-order valence-electron chi connectivity index (χ3n) is 2.24. The fraction of sp³-hybridized carbons (Fsp3) is 0.250. The highest BCUT2D eigenvalue weighted by atomic mass is 35.5. The van der Waals surface area contributed by atoms with Crippen molar-refractivity contribution in [1.29, 1.82) is 0 Å². The molecule has 1 aromatic carbocycles. The number of aryl methyl sites for hydroxylation is 1. The number of nitrogens with one attached hydrogen (secondary N) is 1. The van der Waals surface area contributed by atoms with E-state index in [0.29, 0.717) is 0 Å². The van der Waals surface area contributed by atoms with Gasteiger partial charge < -0.3 is 5.32 Å². The Balaban J connectivity index is 2.36. The van der Waals surface area contributed by atoms with Gasteiger partial charge in [0.1, 0.15) is 0 Å². The number of halogens is 1. The Bertz CT molecular complexity index is 476. The zero-order chi connectivity index (χ0) is 11.5. The van der Waals surface area contributed by atoms with Crippen molar-refractivity contribution in [2.45, 2.75) is 13.8 Å². The Morgan fingerprint density at radius 3 is 2.62 bits per heavy atom. The summed E-state index contributed by atoms with van der Waals surface area (Å²) in [5.41, 5.74) is 2.15. The quantitative estimate of drug-likeness (QED) is 0.886. The second-order valence-corrected chi connectivity index (χ2v) is 5.10. The minimum Gasteiger partial charge on any atom is -0.362 e. The highest BCUT2D eigenvalue weighted by molar-refractivity contribution is 7.16. The van der Waals surface area contributed by atoms with Crippen LogP contribution in [0.3, 0.4) is 0 Å². The number of hydrogen-bond acceptors (Lipinski definition) is 3. The minimum absolute atomic E-state index is 0.753. The van der Waals surface area contributed by atoms with Gasteiger partial charge in [0.15, 0.2) is 5.13 Å². The lowest BCUT2D eigenvalue weighted by atomic mass is 10.1. The van der Waals surface area contributed by atoms with Crippen LogP contribution in [0.25, 0.3) is 11.3 Å². The summed E-state index contributed by atoms with van der Waals surface area (Å²) in [5, 5.41) is 4.96. The number of benzene rings is 1. The maximum Gasteiger partial charge on any atom is 0.183 e. The van der Waals surface area contributed by atoms with E-state index in [1.807, 2.05) is 24.3 Å². The molecule has 0 aliphatic rings. The summed E-state index contributed by atoms with van der Waals surface area (Å²) in [6.45, 7) is 5.05. The van der Waals surface area contributed by atoms with E-state index in [2.05, 4.69) is 24.1 Å². The molecule has 0 amide bonds. The topological polar surface area (TPSA) is 24.9 Å². The summed E-state index contributed by atoms with van der Waals surface area (Å²) < 4.78 is 0. The molecule has 0 fully saturated rings. The number of aromatic nitrogens is 1. The molecule has 16 heavy (non-hydrogen) atoms. The van der Waals surface area contributed by atoms with Gasteiger partial charge in [0.2, 0.25) is 0 Å². The number of rotatable bonds is 3. The molecule has 84 valence electrons.